The van der Waals surface area contributed by atoms with Crippen molar-refractivity contribution >= 4 is 23.4 Å². The molecule has 0 bridgehead atoms. The molecular formula is C13H13ClN2S. The second kappa shape index (κ2) is 4.39. The van der Waals surface area contributed by atoms with Crippen LogP contribution in [0.15, 0.2) is 35.4 Å². The average molecular weight is 265 g/mol. The summed E-state index contributed by atoms with van der Waals surface area (Å²) in [6, 6.07) is 8.62. The van der Waals surface area contributed by atoms with Crippen molar-refractivity contribution < 1.29 is 0 Å². The molecule has 2 nitrogen and oxygen atoms in total. The molecule has 1 aromatic heterocycles. The summed E-state index contributed by atoms with van der Waals surface area (Å²) in [6.07, 6.45) is 2.85. The van der Waals surface area contributed by atoms with Crippen molar-refractivity contribution in [2.24, 2.45) is 0 Å². The standard InChI is InChI=1S/C13H13ClN2S/c1-9-12(14)7-15-16(9)8-11-6-10-4-2-3-5-13(10)17-11/h2-5,7,11H,6,8H2,1H3. The monoisotopic (exact) mass is 264 g/mol. The highest BCUT2D eigenvalue weighted by Crippen LogP contribution is 2.37. The first kappa shape index (κ1) is 11.2. The SMILES string of the molecule is Cc1c(Cl)cnn1CC1Cc2ccccc2S1. The topological polar surface area (TPSA) is 17.8 Å². The van der Waals surface area contributed by atoms with Crippen LogP contribution in [0.3, 0.4) is 0 Å². The van der Waals surface area contributed by atoms with Gasteiger partial charge in [0.25, 0.3) is 0 Å². The van der Waals surface area contributed by atoms with Crippen LogP contribution in [-0.2, 0) is 13.0 Å². The summed E-state index contributed by atoms with van der Waals surface area (Å²) >= 11 is 7.96. The predicted octanol–water partition coefficient (Wildman–Crippen LogP) is 3.56. The number of aromatic nitrogens is 2. The molecule has 0 aliphatic carbocycles. The average Bonchev–Trinajstić information content (AvgIpc) is 2.87. The molecule has 1 atom stereocenters. The lowest BCUT2D eigenvalue weighted by Crippen LogP contribution is -2.14. The summed E-state index contributed by atoms with van der Waals surface area (Å²) in [5.41, 5.74) is 2.52. The number of fused-ring (bicyclic) bond motifs is 1. The van der Waals surface area contributed by atoms with Gasteiger partial charge in [0.15, 0.2) is 0 Å². The number of thioether (sulfide) groups is 1. The van der Waals surface area contributed by atoms with Crippen LogP contribution < -0.4 is 0 Å². The highest BCUT2D eigenvalue weighted by Gasteiger charge is 2.22. The van der Waals surface area contributed by atoms with Gasteiger partial charge in [-0.1, -0.05) is 29.8 Å². The summed E-state index contributed by atoms with van der Waals surface area (Å²) in [7, 11) is 0. The second-order valence-corrected chi connectivity index (χ2v) is 6.06. The smallest absolute Gasteiger partial charge is 0.0814 e. The molecule has 1 aliphatic heterocycles. The molecule has 0 radical (unpaired) electrons. The molecule has 17 heavy (non-hydrogen) atoms. The van der Waals surface area contributed by atoms with Gasteiger partial charge in [-0.15, -0.1) is 11.8 Å². The molecule has 0 saturated heterocycles. The summed E-state index contributed by atoms with van der Waals surface area (Å²) in [5.74, 6) is 0. The molecule has 1 aliphatic rings. The first-order valence-corrected chi connectivity index (χ1v) is 6.92. The lowest BCUT2D eigenvalue weighted by Gasteiger charge is -2.10. The van der Waals surface area contributed by atoms with Crippen molar-refractivity contribution in [2.75, 3.05) is 0 Å². The molecule has 0 amide bonds. The third kappa shape index (κ3) is 2.09. The van der Waals surface area contributed by atoms with E-state index in [-0.39, 0.29) is 0 Å². The van der Waals surface area contributed by atoms with E-state index in [9.17, 15) is 0 Å². The zero-order valence-corrected chi connectivity index (χ0v) is 11.1. The van der Waals surface area contributed by atoms with E-state index in [0.717, 1.165) is 23.7 Å². The van der Waals surface area contributed by atoms with Crippen LogP contribution in [0.1, 0.15) is 11.3 Å². The van der Waals surface area contributed by atoms with Gasteiger partial charge >= 0.3 is 0 Å². The van der Waals surface area contributed by atoms with Gasteiger partial charge in [-0.25, -0.2) is 0 Å². The Morgan fingerprint density at radius 3 is 3.00 bits per heavy atom. The lowest BCUT2D eigenvalue weighted by molar-refractivity contribution is 0.580. The summed E-state index contributed by atoms with van der Waals surface area (Å²) in [4.78, 5) is 1.41. The molecule has 88 valence electrons. The van der Waals surface area contributed by atoms with E-state index in [1.54, 1.807) is 6.20 Å². The Kier molecular flexibility index (Phi) is 2.89. The Labute approximate surface area is 110 Å². The van der Waals surface area contributed by atoms with Crippen molar-refractivity contribution in [3.63, 3.8) is 0 Å². The van der Waals surface area contributed by atoms with Crippen molar-refractivity contribution in [3.8, 4) is 0 Å². The van der Waals surface area contributed by atoms with Gasteiger partial charge in [0.1, 0.15) is 0 Å². The van der Waals surface area contributed by atoms with Gasteiger partial charge < -0.3 is 0 Å². The molecule has 4 heteroatoms. The zero-order valence-electron chi connectivity index (χ0n) is 9.56. The lowest BCUT2D eigenvalue weighted by atomic mass is 10.1. The fraction of sp³-hybridized carbons (Fsp3) is 0.308. The number of nitrogens with zero attached hydrogens (tertiary/aromatic N) is 2. The number of hydrogen-bond donors (Lipinski definition) is 0. The maximum absolute atomic E-state index is 6.01. The summed E-state index contributed by atoms with van der Waals surface area (Å²) < 4.78 is 2.01. The fourth-order valence-corrected chi connectivity index (χ4v) is 3.60. The summed E-state index contributed by atoms with van der Waals surface area (Å²) in [6.45, 7) is 2.94. The maximum Gasteiger partial charge on any atom is 0.0814 e. The van der Waals surface area contributed by atoms with Crippen LogP contribution in [0.5, 0.6) is 0 Å². The molecule has 1 aromatic carbocycles. The molecule has 0 spiro atoms. The van der Waals surface area contributed by atoms with Gasteiger partial charge in [0, 0.05) is 10.1 Å². The fourth-order valence-electron chi connectivity index (χ4n) is 2.16. The molecule has 0 fully saturated rings. The first-order valence-electron chi connectivity index (χ1n) is 5.66. The van der Waals surface area contributed by atoms with Crippen molar-refractivity contribution in [2.45, 2.75) is 30.0 Å². The largest absolute Gasteiger partial charge is 0.267 e. The third-order valence-electron chi connectivity index (χ3n) is 3.13. The molecule has 1 unspecified atom stereocenters. The Morgan fingerprint density at radius 2 is 2.29 bits per heavy atom. The normalized spacial score (nSPS) is 18.4. The van der Waals surface area contributed by atoms with Gasteiger partial charge in [-0.3, -0.25) is 4.68 Å². The van der Waals surface area contributed by atoms with Gasteiger partial charge in [-0.05, 0) is 25.0 Å². The quantitative estimate of drug-likeness (QED) is 0.825. The Morgan fingerprint density at radius 1 is 1.47 bits per heavy atom. The zero-order chi connectivity index (χ0) is 11.8. The van der Waals surface area contributed by atoms with E-state index >= 15 is 0 Å². The van der Waals surface area contributed by atoms with Crippen LogP contribution in [0.4, 0.5) is 0 Å². The minimum Gasteiger partial charge on any atom is -0.267 e. The molecule has 2 heterocycles. The van der Waals surface area contributed by atoms with Crippen molar-refractivity contribution in [1.82, 2.24) is 9.78 Å². The highest BCUT2D eigenvalue weighted by molar-refractivity contribution is 8.00. The Hall–Kier alpha value is -0.930. The van der Waals surface area contributed by atoms with E-state index in [0.29, 0.717) is 5.25 Å². The molecule has 0 N–H and O–H groups in total. The first-order chi connectivity index (χ1) is 8.24. The van der Waals surface area contributed by atoms with Crippen LogP contribution in [-0.4, -0.2) is 15.0 Å². The Balaban J connectivity index is 1.76. The van der Waals surface area contributed by atoms with Crippen LogP contribution in [0.2, 0.25) is 5.02 Å². The highest BCUT2D eigenvalue weighted by atomic mass is 35.5. The van der Waals surface area contributed by atoms with E-state index < -0.39 is 0 Å². The number of hydrogen-bond acceptors (Lipinski definition) is 2. The van der Waals surface area contributed by atoms with Crippen LogP contribution in [0.25, 0.3) is 0 Å². The van der Waals surface area contributed by atoms with E-state index in [1.807, 2.05) is 23.4 Å². The Bertz CT molecular complexity index is 525. The number of halogens is 1. The summed E-state index contributed by atoms with van der Waals surface area (Å²) in [5, 5.41) is 5.64. The van der Waals surface area contributed by atoms with Crippen LogP contribution in [0, 0.1) is 6.92 Å². The second-order valence-electron chi connectivity index (χ2n) is 4.31. The van der Waals surface area contributed by atoms with Gasteiger partial charge in [-0.2, -0.15) is 5.10 Å². The minimum absolute atomic E-state index is 0.571. The minimum atomic E-state index is 0.571. The van der Waals surface area contributed by atoms with E-state index in [1.165, 1.54) is 10.5 Å². The van der Waals surface area contributed by atoms with Gasteiger partial charge in [0.05, 0.1) is 23.5 Å². The van der Waals surface area contributed by atoms with Crippen molar-refractivity contribution in [3.05, 3.63) is 46.7 Å². The molecule has 0 saturated carbocycles. The third-order valence-corrected chi connectivity index (χ3v) is 4.81. The van der Waals surface area contributed by atoms with E-state index in [2.05, 4.69) is 29.4 Å². The van der Waals surface area contributed by atoms with Gasteiger partial charge in [0.2, 0.25) is 0 Å². The van der Waals surface area contributed by atoms with E-state index in [4.69, 9.17) is 11.6 Å². The number of benzene rings is 1. The predicted molar refractivity (Wildman–Crippen MR) is 71.8 cm³/mol. The molecule has 3 rings (SSSR count). The van der Waals surface area contributed by atoms with Crippen LogP contribution >= 0.6 is 23.4 Å². The number of rotatable bonds is 2. The molecular weight excluding hydrogens is 252 g/mol. The maximum atomic E-state index is 6.01. The molecule has 2 aromatic rings. The van der Waals surface area contributed by atoms with Crippen molar-refractivity contribution in [1.29, 1.82) is 0 Å².